The van der Waals surface area contributed by atoms with E-state index in [0.29, 0.717) is 12.6 Å². The van der Waals surface area contributed by atoms with Gasteiger partial charge in [-0.25, -0.2) is 4.79 Å². The van der Waals surface area contributed by atoms with E-state index < -0.39 is 0 Å². The summed E-state index contributed by atoms with van der Waals surface area (Å²) in [7, 11) is 1.37. The minimum Gasteiger partial charge on any atom is -0.453 e. The minimum absolute atomic E-state index is 0.314. The topological polar surface area (TPSA) is 29.5 Å². The molecule has 1 aliphatic rings. The number of hydrogen-bond donors (Lipinski definition) is 0. The first-order valence-electron chi connectivity index (χ1n) is 3.57. The fourth-order valence-electron chi connectivity index (χ4n) is 0.945. The average molecular weight is 153 g/mol. The fourth-order valence-corrected chi connectivity index (χ4v) is 0.945. The quantitative estimate of drug-likeness (QED) is 0.550. The van der Waals surface area contributed by atoms with Gasteiger partial charge in [-0.05, 0) is 12.8 Å². The Balaban J connectivity index is 2.45. The van der Waals surface area contributed by atoms with Gasteiger partial charge >= 0.3 is 6.09 Å². The lowest BCUT2D eigenvalue weighted by atomic mass is 10.5. The molecule has 0 atom stereocenters. The van der Waals surface area contributed by atoms with Gasteiger partial charge in [-0.15, -0.1) is 6.42 Å². The highest BCUT2D eigenvalue weighted by Crippen LogP contribution is 2.26. The SMILES string of the molecule is C#CCN(C(=O)OC)C1CC1. The van der Waals surface area contributed by atoms with E-state index in [0.717, 1.165) is 12.8 Å². The predicted octanol–water partition coefficient (Wildman–Crippen LogP) is 0.850. The summed E-state index contributed by atoms with van der Waals surface area (Å²) in [6, 6.07) is 0.332. The highest BCUT2D eigenvalue weighted by atomic mass is 16.5. The molecule has 0 aliphatic heterocycles. The van der Waals surface area contributed by atoms with Gasteiger partial charge in [0.05, 0.1) is 13.7 Å². The third-order valence-corrected chi connectivity index (χ3v) is 1.66. The number of hydrogen-bond acceptors (Lipinski definition) is 2. The van der Waals surface area contributed by atoms with Crippen LogP contribution in [0, 0.1) is 12.3 Å². The summed E-state index contributed by atoms with van der Waals surface area (Å²) in [6.45, 7) is 0.358. The van der Waals surface area contributed by atoms with Crippen molar-refractivity contribution in [1.29, 1.82) is 0 Å². The lowest BCUT2D eigenvalue weighted by Crippen LogP contribution is -2.33. The average Bonchev–Trinajstić information content (AvgIpc) is 2.81. The van der Waals surface area contributed by atoms with Gasteiger partial charge < -0.3 is 4.74 Å². The van der Waals surface area contributed by atoms with Crippen molar-refractivity contribution in [2.24, 2.45) is 0 Å². The zero-order valence-corrected chi connectivity index (χ0v) is 6.54. The number of amides is 1. The summed E-state index contributed by atoms with van der Waals surface area (Å²) in [4.78, 5) is 12.6. The maximum atomic E-state index is 11.0. The molecule has 0 radical (unpaired) electrons. The van der Waals surface area contributed by atoms with Gasteiger partial charge in [-0.3, -0.25) is 4.90 Å². The van der Waals surface area contributed by atoms with Gasteiger partial charge in [-0.2, -0.15) is 0 Å². The third kappa shape index (κ3) is 1.87. The molecule has 0 heterocycles. The second-order valence-electron chi connectivity index (χ2n) is 2.53. The van der Waals surface area contributed by atoms with Crippen molar-refractivity contribution in [3.05, 3.63) is 0 Å². The molecule has 0 spiro atoms. The molecule has 60 valence electrons. The van der Waals surface area contributed by atoms with Crippen LogP contribution in [0.3, 0.4) is 0 Å². The molecule has 1 fully saturated rings. The molecular weight excluding hydrogens is 142 g/mol. The zero-order chi connectivity index (χ0) is 8.27. The van der Waals surface area contributed by atoms with Gasteiger partial charge in [-0.1, -0.05) is 5.92 Å². The van der Waals surface area contributed by atoms with Gasteiger partial charge in [0.1, 0.15) is 0 Å². The number of carbonyl (C=O) groups excluding carboxylic acids is 1. The van der Waals surface area contributed by atoms with Crippen molar-refractivity contribution in [2.45, 2.75) is 18.9 Å². The summed E-state index contributed by atoms with van der Waals surface area (Å²) >= 11 is 0. The van der Waals surface area contributed by atoms with Crippen LogP contribution in [-0.4, -0.2) is 30.7 Å². The minimum atomic E-state index is -0.314. The van der Waals surface area contributed by atoms with Crippen molar-refractivity contribution in [1.82, 2.24) is 4.90 Å². The van der Waals surface area contributed by atoms with Crippen molar-refractivity contribution in [2.75, 3.05) is 13.7 Å². The number of nitrogens with zero attached hydrogens (tertiary/aromatic N) is 1. The Labute approximate surface area is 66.3 Å². The Morgan fingerprint density at radius 1 is 1.82 bits per heavy atom. The van der Waals surface area contributed by atoms with E-state index in [-0.39, 0.29) is 6.09 Å². The van der Waals surface area contributed by atoms with Crippen molar-refractivity contribution >= 4 is 6.09 Å². The van der Waals surface area contributed by atoms with Crippen LogP contribution >= 0.6 is 0 Å². The number of carbonyl (C=O) groups is 1. The summed E-state index contributed by atoms with van der Waals surface area (Å²) < 4.78 is 4.56. The Morgan fingerprint density at radius 3 is 2.82 bits per heavy atom. The summed E-state index contributed by atoms with van der Waals surface area (Å²) in [5, 5.41) is 0. The van der Waals surface area contributed by atoms with E-state index in [4.69, 9.17) is 6.42 Å². The molecule has 3 heteroatoms. The van der Waals surface area contributed by atoms with Crippen LogP contribution in [0.2, 0.25) is 0 Å². The standard InChI is InChI=1S/C8H11NO2/c1-3-6-9(7-4-5-7)8(10)11-2/h1,7H,4-6H2,2H3. The zero-order valence-electron chi connectivity index (χ0n) is 6.54. The number of terminal acetylenes is 1. The van der Waals surface area contributed by atoms with E-state index in [1.165, 1.54) is 7.11 Å². The molecule has 0 unspecified atom stereocenters. The molecule has 0 bridgehead atoms. The summed E-state index contributed by atoms with van der Waals surface area (Å²) in [5.41, 5.74) is 0. The van der Waals surface area contributed by atoms with Gasteiger partial charge in [0.25, 0.3) is 0 Å². The van der Waals surface area contributed by atoms with Crippen molar-refractivity contribution < 1.29 is 9.53 Å². The lowest BCUT2D eigenvalue weighted by molar-refractivity contribution is 0.126. The summed E-state index contributed by atoms with van der Waals surface area (Å²) in [5.74, 6) is 2.43. The molecule has 3 nitrogen and oxygen atoms in total. The van der Waals surface area contributed by atoms with Crippen molar-refractivity contribution in [3.63, 3.8) is 0 Å². The molecule has 1 saturated carbocycles. The molecule has 0 aromatic rings. The third-order valence-electron chi connectivity index (χ3n) is 1.66. The normalized spacial score (nSPS) is 15.3. The van der Waals surface area contributed by atoms with E-state index in [1.807, 2.05) is 0 Å². The van der Waals surface area contributed by atoms with Crippen LogP contribution in [0.1, 0.15) is 12.8 Å². The van der Waals surface area contributed by atoms with Gasteiger partial charge in [0.2, 0.25) is 0 Å². The molecular formula is C8H11NO2. The van der Waals surface area contributed by atoms with Gasteiger partial charge in [0, 0.05) is 6.04 Å². The highest BCUT2D eigenvalue weighted by molar-refractivity contribution is 5.68. The Kier molecular flexibility index (Phi) is 2.37. The van der Waals surface area contributed by atoms with E-state index >= 15 is 0 Å². The molecule has 0 N–H and O–H groups in total. The first kappa shape index (κ1) is 7.93. The molecule has 11 heavy (non-hydrogen) atoms. The van der Waals surface area contributed by atoms with Gasteiger partial charge in [0.15, 0.2) is 0 Å². The van der Waals surface area contributed by atoms with Crippen LogP contribution in [-0.2, 0) is 4.74 Å². The number of rotatable bonds is 2. The second kappa shape index (κ2) is 3.29. The Morgan fingerprint density at radius 2 is 2.45 bits per heavy atom. The predicted molar refractivity (Wildman–Crippen MR) is 41.0 cm³/mol. The fraction of sp³-hybridized carbons (Fsp3) is 0.625. The van der Waals surface area contributed by atoms with Crippen LogP contribution in [0.25, 0.3) is 0 Å². The van der Waals surface area contributed by atoms with E-state index in [9.17, 15) is 4.79 Å². The Bertz CT molecular complexity index is 191. The van der Waals surface area contributed by atoms with E-state index in [1.54, 1.807) is 4.90 Å². The van der Waals surface area contributed by atoms with Crippen LogP contribution < -0.4 is 0 Å². The molecule has 0 aromatic heterocycles. The molecule has 1 rings (SSSR count). The largest absolute Gasteiger partial charge is 0.453 e. The molecule has 1 amide bonds. The number of methoxy groups -OCH3 is 1. The summed E-state index contributed by atoms with van der Waals surface area (Å²) in [6.07, 6.45) is 6.88. The molecule has 1 aliphatic carbocycles. The van der Waals surface area contributed by atoms with Crippen LogP contribution in [0.5, 0.6) is 0 Å². The smallest absolute Gasteiger partial charge is 0.410 e. The van der Waals surface area contributed by atoms with Crippen LogP contribution in [0.4, 0.5) is 4.79 Å². The maximum Gasteiger partial charge on any atom is 0.410 e. The van der Waals surface area contributed by atoms with Crippen molar-refractivity contribution in [3.8, 4) is 12.3 Å². The molecule has 0 aromatic carbocycles. The lowest BCUT2D eigenvalue weighted by Gasteiger charge is -2.16. The number of ether oxygens (including phenoxy) is 1. The first-order chi connectivity index (χ1) is 5.29. The van der Waals surface area contributed by atoms with E-state index in [2.05, 4.69) is 10.7 Å². The molecule has 0 saturated heterocycles. The van der Waals surface area contributed by atoms with Crippen LogP contribution in [0.15, 0.2) is 0 Å². The highest BCUT2D eigenvalue weighted by Gasteiger charge is 2.32. The Hall–Kier alpha value is -1.17. The first-order valence-corrected chi connectivity index (χ1v) is 3.57. The maximum absolute atomic E-state index is 11.0. The monoisotopic (exact) mass is 153 g/mol. The second-order valence-corrected chi connectivity index (χ2v) is 2.53.